The summed E-state index contributed by atoms with van der Waals surface area (Å²) >= 11 is 0. The highest BCUT2D eigenvalue weighted by atomic mass is 15.1. The van der Waals surface area contributed by atoms with Gasteiger partial charge in [-0.05, 0) is 30.0 Å². The van der Waals surface area contributed by atoms with Crippen molar-refractivity contribution < 1.29 is 0 Å². The first kappa shape index (κ1) is 18.3. The van der Waals surface area contributed by atoms with E-state index in [4.69, 9.17) is 0 Å². The van der Waals surface area contributed by atoms with Gasteiger partial charge in [0.2, 0.25) is 0 Å². The van der Waals surface area contributed by atoms with Crippen LogP contribution in [0.4, 0.5) is 11.4 Å². The standard InChI is InChI=1S/C25H27N3/c1-28(18-16-26-24-14-6-10-20-8-2-4-12-22(20)24)19-17-27-25-15-7-11-21-9-3-5-13-23(21)25/h2-15,26-27H,16-19H2,1H3. The van der Waals surface area contributed by atoms with E-state index in [1.165, 1.54) is 32.9 Å². The number of rotatable bonds is 8. The van der Waals surface area contributed by atoms with Gasteiger partial charge in [-0.2, -0.15) is 0 Å². The highest BCUT2D eigenvalue weighted by Crippen LogP contribution is 2.23. The minimum absolute atomic E-state index is 0.929. The Morgan fingerprint density at radius 3 is 1.50 bits per heavy atom. The minimum atomic E-state index is 0.929. The zero-order chi connectivity index (χ0) is 19.2. The van der Waals surface area contributed by atoms with E-state index in [9.17, 15) is 0 Å². The van der Waals surface area contributed by atoms with E-state index < -0.39 is 0 Å². The van der Waals surface area contributed by atoms with Gasteiger partial charge in [-0.15, -0.1) is 0 Å². The Labute approximate surface area is 167 Å². The van der Waals surface area contributed by atoms with Crippen LogP contribution in [0.3, 0.4) is 0 Å². The van der Waals surface area contributed by atoms with Gasteiger partial charge < -0.3 is 15.5 Å². The van der Waals surface area contributed by atoms with E-state index in [1.54, 1.807) is 0 Å². The third-order valence-electron chi connectivity index (χ3n) is 5.20. The van der Waals surface area contributed by atoms with Crippen LogP contribution in [0.5, 0.6) is 0 Å². The predicted octanol–water partition coefficient (Wildman–Crippen LogP) is 5.45. The van der Waals surface area contributed by atoms with Crippen molar-refractivity contribution in [2.45, 2.75) is 0 Å². The highest BCUT2D eigenvalue weighted by Gasteiger charge is 2.03. The molecule has 2 N–H and O–H groups in total. The molecule has 0 atom stereocenters. The fraction of sp³-hybridized carbons (Fsp3) is 0.200. The van der Waals surface area contributed by atoms with Crippen LogP contribution in [0.1, 0.15) is 0 Å². The first-order chi connectivity index (χ1) is 13.8. The summed E-state index contributed by atoms with van der Waals surface area (Å²) in [6, 6.07) is 29.9. The fourth-order valence-electron chi connectivity index (χ4n) is 3.63. The van der Waals surface area contributed by atoms with Gasteiger partial charge in [-0.1, -0.05) is 72.8 Å². The average molecular weight is 370 g/mol. The lowest BCUT2D eigenvalue weighted by atomic mass is 10.1. The Hall–Kier alpha value is -3.04. The zero-order valence-electron chi connectivity index (χ0n) is 16.4. The molecule has 0 spiro atoms. The number of benzene rings is 4. The summed E-state index contributed by atoms with van der Waals surface area (Å²) < 4.78 is 0. The molecule has 0 aliphatic carbocycles. The third kappa shape index (κ3) is 4.26. The molecular weight excluding hydrogens is 342 g/mol. The molecule has 4 aromatic rings. The van der Waals surface area contributed by atoms with Crippen LogP contribution >= 0.6 is 0 Å². The number of nitrogens with zero attached hydrogens (tertiary/aromatic N) is 1. The minimum Gasteiger partial charge on any atom is -0.383 e. The highest BCUT2D eigenvalue weighted by molar-refractivity contribution is 5.94. The molecule has 0 aromatic heterocycles. The molecule has 0 fully saturated rings. The molecule has 0 bridgehead atoms. The molecule has 4 rings (SSSR count). The van der Waals surface area contributed by atoms with Gasteiger partial charge in [-0.25, -0.2) is 0 Å². The van der Waals surface area contributed by atoms with Crippen molar-refractivity contribution in [3.63, 3.8) is 0 Å². The van der Waals surface area contributed by atoms with E-state index >= 15 is 0 Å². The Bertz CT molecular complexity index is 962. The van der Waals surface area contributed by atoms with E-state index in [1.807, 2.05) is 0 Å². The lowest BCUT2D eigenvalue weighted by Gasteiger charge is -2.19. The van der Waals surface area contributed by atoms with Gasteiger partial charge >= 0.3 is 0 Å². The van der Waals surface area contributed by atoms with Crippen LogP contribution in [0.15, 0.2) is 84.9 Å². The number of anilines is 2. The van der Waals surface area contributed by atoms with Gasteiger partial charge in [-0.3, -0.25) is 0 Å². The molecule has 0 heterocycles. The number of nitrogens with one attached hydrogen (secondary N) is 2. The third-order valence-corrected chi connectivity index (χ3v) is 5.20. The lowest BCUT2D eigenvalue weighted by molar-refractivity contribution is 0.361. The molecular formula is C25H27N3. The molecule has 4 aromatic carbocycles. The summed E-state index contributed by atoms with van der Waals surface area (Å²) in [6.45, 7) is 3.86. The Kier molecular flexibility index (Phi) is 5.74. The van der Waals surface area contributed by atoms with Crippen molar-refractivity contribution in [2.24, 2.45) is 0 Å². The Morgan fingerprint density at radius 2 is 1.00 bits per heavy atom. The molecule has 142 valence electrons. The van der Waals surface area contributed by atoms with Crippen molar-refractivity contribution in [3.05, 3.63) is 84.9 Å². The molecule has 0 aliphatic rings. The van der Waals surface area contributed by atoms with Crippen LogP contribution in [0.2, 0.25) is 0 Å². The Morgan fingerprint density at radius 1 is 0.571 bits per heavy atom. The van der Waals surface area contributed by atoms with E-state index in [-0.39, 0.29) is 0 Å². The first-order valence-electron chi connectivity index (χ1n) is 9.93. The maximum Gasteiger partial charge on any atom is 0.0420 e. The van der Waals surface area contributed by atoms with Crippen molar-refractivity contribution in [3.8, 4) is 0 Å². The quantitative estimate of drug-likeness (QED) is 0.432. The second-order valence-electron chi connectivity index (χ2n) is 7.21. The molecule has 0 saturated carbocycles. The van der Waals surface area contributed by atoms with Crippen LogP contribution in [-0.2, 0) is 0 Å². The molecule has 0 radical (unpaired) electrons. The molecule has 0 unspecified atom stereocenters. The fourth-order valence-corrected chi connectivity index (χ4v) is 3.63. The van der Waals surface area contributed by atoms with Gasteiger partial charge in [0.05, 0.1) is 0 Å². The molecule has 3 nitrogen and oxygen atoms in total. The SMILES string of the molecule is CN(CCNc1cccc2ccccc12)CCNc1cccc2ccccc12. The molecule has 28 heavy (non-hydrogen) atoms. The predicted molar refractivity (Wildman–Crippen MR) is 122 cm³/mol. The van der Waals surface area contributed by atoms with Crippen molar-refractivity contribution in [1.29, 1.82) is 0 Å². The van der Waals surface area contributed by atoms with Gasteiger partial charge in [0.15, 0.2) is 0 Å². The maximum atomic E-state index is 3.59. The first-order valence-corrected chi connectivity index (χ1v) is 9.93. The summed E-state index contributed by atoms with van der Waals surface area (Å²) in [5, 5.41) is 12.3. The monoisotopic (exact) mass is 369 g/mol. The zero-order valence-corrected chi connectivity index (χ0v) is 16.4. The number of hydrogen-bond donors (Lipinski definition) is 2. The molecule has 0 aliphatic heterocycles. The van der Waals surface area contributed by atoms with Gasteiger partial charge in [0.1, 0.15) is 0 Å². The second-order valence-corrected chi connectivity index (χ2v) is 7.21. The molecule has 0 saturated heterocycles. The van der Waals surface area contributed by atoms with Crippen molar-refractivity contribution in [2.75, 3.05) is 43.9 Å². The summed E-state index contributed by atoms with van der Waals surface area (Å²) in [7, 11) is 2.18. The number of likely N-dealkylation sites (N-methyl/N-ethyl adjacent to an activating group) is 1. The molecule has 0 amide bonds. The van der Waals surface area contributed by atoms with E-state index in [2.05, 4.69) is 108 Å². The van der Waals surface area contributed by atoms with Crippen LogP contribution in [0, 0.1) is 0 Å². The topological polar surface area (TPSA) is 27.3 Å². The summed E-state index contributed by atoms with van der Waals surface area (Å²) in [4.78, 5) is 2.36. The summed E-state index contributed by atoms with van der Waals surface area (Å²) in [5.41, 5.74) is 2.42. The number of fused-ring (bicyclic) bond motifs is 2. The second kappa shape index (κ2) is 8.77. The lowest BCUT2D eigenvalue weighted by Crippen LogP contribution is -2.29. The smallest absolute Gasteiger partial charge is 0.0420 e. The summed E-state index contributed by atoms with van der Waals surface area (Å²) in [6.07, 6.45) is 0. The molecule has 3 heteroatoms. The van der Waals surface area contributed by atoms with Gasteiger partial charge in [0, 0.05) is 48.3 Å². The summed E-state index contributed by atoms with van der Waals surface area (Å²) in [5.74, 6) is 0. The van der Waals surface area contributed by atoms with Crippen molar-refractivity contribution >= 4 is 32.9 Å². The van der Waals surface area contributed by atoms with E-state index in [0.717, 1.165) is 26.2 Å². The van der Waals surface area contributed by atoms with Crippen molar-refractivity contribution in [1.82, 2.24) is 4.90 Å². The normalized spacial score (nSPS) is 11.2. The number of hydrogen-bond acceptors (Lipinski definition) is 3. The van der Waals surface area contributed by atoms with Gasteiger partial charge in [0.25, 0.3) is 0 Å². The Balaban J connectivity index is 1.26. The maximum absolute atomic E-state index is 3.59. The average Bonchev–Trinajstić information content (AvgIpc) is 2.74. The van der Waals surface area contributed by atoms with Crippen LogP contribution in [-0.4, -0.2) is 38.1 Å². The van der Waals surface area contributed by atoms with Crippen LogP contribution in [0.25, 0.3) is 21.5 Å². The van der Waals surface area contributed by atoms with Crippen LogP contribution < -0.4 is 10.6 Å². The van der Waals surface area contributed by atoms with E-state index in [0.29, 0.717) is 0 Å². The largest absolute Gasteiger partial charge is 0.383 e.